The molecule has 8 heteroatoms. The van der Waals surface area contributed by atoms with Crippen molar-refractivity contribution in [1.29, 1.82) is 0 Å². The standard InChI is InChI=1S/C12H16N2O5S/c15-7-11-10(3-6-14(11)20(18)19)9-1-4-13(5-2-9)12(17)8-16/h3,6-7,9,16H,1-2,4-5,8H2,(H,18,19)/p-1. The van der Waals surface area contributed by atoms with E-state index in [0.29, 0.717) is 37.8 Å². The molecule has 7 nitrogen and oxygen atoms in total. The van der Waals surface area contributed by atoms with Crippen LogP contribution in [0, 0.1) is 0 Å². The number of likely N-dealkylation sites (tertiary alicyclic amines) is 1. The molecule has 1 aliphatic heterocycles. The maximum Gasteiger partial charge on any atom is 0.248 e. The van der Waals surface area contributed by atoms with Crippen molar-refractivity contribution in [3.63, 3.8) is 0 Å². The number of carbonyl (C=O) groups is 2. The highest BCUT2D eigenvalue weighted by Gasteiger charge is 2.26. The molecule has 1 aromatic rings. The van der Waals surface area contributed by atoms with Gasteiger partial charge in [-0.15, -0.1) is 0 Å². The number of carbonyl (C=O) groups excluding carboxylic acids is 2. The molecule has 1 atom stereocenters. The van der Waals surface area contributed by atoms with Gasteiger partial charge in [-0.3, -0.25) is 17.8 Å². The lowest BCUT2D eigenvalue weighted by Gasteiger charge is -2.31. The predicted octanol–water partition coefficient (Wildman–Crippen LogP) is -0.359. The molecule has 2 heterocycles. The molecule has 1 aromatic heterocycles. The molecule has 0 aliphatic carbocycles. The summed E-state index contributed by atoms with van der Waals surface area (Å²) in [7, 11) is 0. The van der Waals surface area contributed by atoms with Crippen LogP contribution in [0.3, 0.4) is 0 Å². The third-order valence-electron chi connectivity index (χ3n) is 3.62. The van der Waals surface area contributed by atoms with Crippen LogP contribution in [-0.2, 0) is 16.1 Å². The molecule has 1 amide bonds. The van der Waals surface area contributed by atoms with Gasteiger partial charge in [0.2, 0.25) is 5.91 Å². The van der Waals surface area contributed by atoms with Gasteiger partial charge in [0.1, 0.15) is 6.61 Å². The van der Waals surface area contributed by atoms with Crippen molar-refractivity contribution < 1.29 is 23.5 Å². The average Bonchev–Trinajstić information content (AvgIpc) is 2.90. The second-order valence-electron chi connectivity index (χ2n) is 4.63. The number of nitrogens with zero attached hydrogens (tertiary/aromatic N) is 2. The summed E-state index contributed by atoms with van der Waals surface area (Å²) in [5, 5.41) is 8.81. The van der Waals surface area contributed by atoms with Crippen LogP contribution in [0.5, 0.6) is 0 Å². The third kappa shape index (κ3) is 2.82. The normalized spacial score (nSPS) is 18.0. The fourth-order valence-electron chi connectivity index (χ4n) is 2.58. The summed E-state index contributed by atoms with van der Waals surface area (Å²) in [6, 6.07) is 1.63. The Bertz CT molecular complexity index is 534. The van der Waals surface area contributed by atoms with E-state index in [2.05, 4.69) is 0 Å². The zero-order valence-electron chi connectivity index (χ0n) is 10.7. The number of rotatable bonds is 4. The van der Waals surface area contributed by atoms with Crippen LogP contribution in [0.4, 0.5) is 0 Å². The summed E-state index contributed by atoms with van der Waals surface area (Å²) < 4.78 is 22.9. The number of hydrogen-bond donors (Lipinski definition) is 1. The maximum atomic E-state index is 11.4. The van der Waals surface area contributed by atoms with Crippen LogP contribution < -0.4 is 0 Å². The van der Waals surface area contributed by atoms with Crippen LogP contribution >= 0.6 is 0 Å². The van der Waals surface area contributed by atoms with Crippen molar-refractivity contribution in [3.8, 4) is 0 Å². The van der Waals surface area contributed by atoms with Crippen LogP contribution in [0.15, 0.2) is 12.3 Å². The van der Waals surface area contributed by atoms with Crippen molar-refractivity contribution in [2.24, 2.45) is 0 Å². The van der Waals surface area contributed by atoms with Crippen molar-refractivity contribution in [3.05, 3.63) is 23.5 Å². The van der Waals surface area contributed by atoms with Gasteiger partial charge >= 0.3 is 0 Å². The smallest absolute Gasteiger partial charge is 0.248 e. The van der Waals surface area contributed by atoms with Gasteiger partial charge in [-0.05, 0) is 30.4 Å². The monoisotopic (exact) mass is 299 g/mol. The SMILES string of the molecule is O=Cc1c(C2CCN(C(=O)CO)CC2)ccn1S(=O)[O-]. The quantitative estimate of drug-likeness (QED) is 0.604. The Morgan fingerprint density at radius 2 is 2.15 bits per heavy atom. The van der Waals surface area contributed by atoms with Crippen molar-refractivity contribution in [2.45, 2.75) is 18.8 Å². The third-order valence-corrected chi connectivity index (χ3v) is 4.26. The van der Waals surface area contributed by atoms with Gasteiger partial charge in [0.25, 0.3) is 0 Å². The van der Waals surface area contributed by atoms with E-state index in [0.717, 1.165) is 3.97 Å². The average molecular weight is 299 g/mol. The first-order valence-electron chi connectivity index (χ1n) is 6.23. The summed E-state index contributed by atoms with van der Waals surface area (Å²) in [5.74, 6) is -0.264. The summed E-state index contributed by atoms with van der Waals surface area (Å²) in [4.78, 5) is 24.0. The molecule has 110 valence electrons. The minimum absolute atomic E-state index is 0.0442. The van der Waals surface area contributed by atoms with Crippen LogP contribution in [0.2, 0.25) is 0 Å². The number of aromatic nitrogens is 1. The molecule has 0 bridgehead atoms. The topological polar surface area (TPSA) is 103 Å². The number of aldehydes is 1. The molecule has 1 fully saturated rings. The van der Waals surface area contributed by atoms with E-state index in [9.17, 15) is 18.4 Å². The second-order valence-corrected chi connectivity index (χ2v) is 5.46. The van der Waals surface area contributed by atoms with Gasteiger partial charge in [0.05, 0.1) is 17.0 Å². The van der Waals surface area contributed by atoms with E-state index in [1.807, 2.05) is 0 Å². The molecule has 0 radical (unpaired) electrons. The number of aliphatic hydroxyl groups excluding tert-OH is 1. The number of hydrogen-bond acceptors (Lipinski definition) is 5. The van der Waals surface area contributed by atoms with Crippen LogP contribution in [-0.4, -0.2) is 54.6 Å². The van der Waals surface area contributed by atoms with E-state index >= 15 is 0 Å². The Balaban J connectivity index is 2.13. The molecule has 1 saturated heterocycles. The molecule has 0 saturated carbocycles. The maximum absolute atomic E-state index is 11.4. The lowest BCUT2D eigenvalue weighted by molar-refractivity contribution is -0.135. The minimum atomic E-state index is -2.50. The summed E-state index contributed by atoms with van der Waals surface area (Å²) in [6.07, 6.45) is 3.17. The Kier molecular flexibility index (Phi) is 4.69. The van der Waals surface area contributed by atoms with E-state index in [4.69, 9.17) is 5.11 Å². The Hall–Kier alpha value is -1.51. The largest absolute Gasteiger partial charge is 0.755 e. The molecule has 2 rings (SSSR count). The lowest BCUT2D eigenvalue weighted by Crippen LogP contribution is -2.39. The van der Waals surface area contributed by atoms with E-state index in [-0.39, 0.29) is 17.5 Å². The summed E-state index contributed by atoms with van der Waals surface area (Å²) in [5.41, 5.74) is 0.838. The minimum Gasteiger partial charge on any atom is -0.755 e. The Morgan fingerprint density at radius 3 is 2.65 bits per heavy atom. The van der Waals surface area contributed by atoms with Crippen LogP contribution in [0.1, 0.15) is 34.8 Å². The van der Waals surface area contributed by atoms with Gasteiger partial charge in [-0.25, -0.2) is 0 Å². The molecular formula is C12H15N2O5S-. The summed E-state index contributed by atoms with van der Waals surface area (Å²) >= 11 is -2.50. The van der Waals surface area contributed by atoms with Gasteiger partial charge < -0.3 is 14.6 Å². The Morgan fingerprint density at radius 1 is 1.50 bits per heavy atom. The zero-order chi connectivity index (χ0) is 14.7. The Labute approximate surface area is 118 Å². The lowest BCUT2D eigenvalue weighted by atomic mass is 9.89. The van der Waals surface area contributed by atoms with E-state index < -0.39 is 17.9 Å². The molecule has 1 aliphatic rings. The fourth-order valence-corrected chi connectivity index (χ4v) is 3.05. The highest BCUT2D eigenvalue weighted by molar-refractivity contribution is 7.77. The summed E-state index contributed by atoms with van der Waals surface area (Å²) in [6.45, 7) is 0.484. The highest BCUT2D eigenvalue weighted by atomic mass is 32.2. The van der Waals surface area contributed by atoms with Gasteiger partial charge in [0.15, 0.2) is 6.29 Å². The molecular weight excluding hydrogens is 284 g/mol. The molecule has 1 unspecified atom stereocenters. The van der Waals surface area contributed by atoms with Crippen molar-refractivity contribution >= 4 is 23.5 Å². The molecule has 20 heavy (non-hydrogen) atoms. The first-order chi connectivity index (χ1) is 9.58. The van der Waals surface area contributed by atoms with Gasteiger partial charge in [-0.1, -0.05) is 0 Å². The van der Waals surface area contributed by atoms with E-state index in [1.54, 1.807) is 11.0 Å². The number of amides is 1. The second kappa shape index (κ2) is 6.29. The van der Waals surface area contributed by atoms with E-state index in [1.165, 1.54) is 6.20 Å². The number of piperidine rings is 1. The first kappa shape index (κ1) is 14.9. The predicted molar refractivity (Wildman–Crippen MR) is 69.8 cm³/mol. The molecule has 1 N–H and O–H groups in total. The van der Waals surface area contributed by atoms with Gasteiger partial charge in [-0.2, -0.15) is 0 Å². The first-order valence-corrected chi connectivity index (χ1v) is 7.26. The number of aliphatic hydroxyl groups is 1. The highest BCUT2D eigenvalue weighted by Crippen LogP contribution is 2.30. The van der Waals surface area contributed by atoms with Crippen molar-refractivity contribution in [2.75, 3.05) is 19.7 Å². The van der Waals surface area contributed by atoms with Crippen LogP contribution in [0.25, 0.3) is 0 Å². The molecule has 0 spiro atoms. The fraction of sp³-hybridized carbons (Fsp3) is 0.500. The van der Waals surface area contributed by atoms with Gasteiger partial charge in [0, 0.05) is 19.3 Å². The molecule has 0 aromatic carbocycles. The zero-order valence-corrected chi connectivity index (χ0v) is 11.5. The van der Waals surface area contributed by atoms with Crippen molar-refractivity contribution in [1.82, 2.24) is 8.87 Å².